The van der Waals surface area contributed by atoms with Crippen LogP contribution in [-0.4, -0.2) is 85.5 Å². The standard InChI is InChI=1S/C28H33F3N6O3/c1-20-17-25(27(38-4)33-21(2)23-6-8-24(9-7-23)40-28(29,30)31)34-37(20)19-22-5-10-26(32-18-22)35(3)11-12-36-13-15-39-16-14-36/h5-10,17-18H,2,11-16,19H2,1,3-4H3. The van der Waals surface area contributed by atoms with E-state index in [9.17, 15) is 13.2 Å². The lowest BCUT2D eigenvalue weighted by atomic mass is 10.2. The number of ether oxygens (including phenoxy) is 3. The monoisotopic (exact) mass is 558 g/mol. The van der Waals surface area contributed by atoms with Crippen LogP contribution in [0, 0.1) is 6.92 Å². The van der Waals surface area contributed by atoms with Gasteiger partial charge >= 0.3 is 6.36 Å². The molecule has 2 aromatic heterocycles. The van der Waals surface area contributed by atoms with Crippen molar-refractivity contribution >= 4 is 17.4 Å². The van der Waals surface area contributed by atoms with Crippen molar-refractivity contribution in [1.29, 1.82) is 0 Å². The van der Waals surface area contributed by atoms with E-state index in [0.717, 1.165) is 56.5 Å². The first-order valence-electron chi connectivity index (χ1n) is 12.8. The van der Waals surface area contributed by atoms with Crippen molar-refractivity contribution in [3.63, 3.8) is 0 Å². The van der Waals surface area contributed by atoms with Crippen molar-refractivity contribution in [3.8, 4) is 5.75 Å². The fourth-order valence-electron chi connectivity index (χ4n) is 4.16. The summed E-state index contributed by atoms with van der Waals surface area (Å²) in [7, 11) is 3.51. The first-order chi connectivity index (χ1) is 19.1. The van der Waals surface area contributed by atoms with Gasteiger partial charge in [-0.25, -0.2) is 9.98 Å². The summed E-state index contributed by atoms with van der Waals surface area (Å²) < 4.78 is 53.9. The summed E-state index contributed by atoms with van der Waals surface area (Å²) in [6.07, 6.45) is -2.91. The quantitative estimate of drug-likeness (QED) is 0.270. The van der Waals surface area contributed by atoms with Gasteiger partial charge in [-0.3, -0.25) is 9.58 Å². The summed E-state index contributed by atoms with van der Waals surface area (Å²) in [6.45, 7) is 11.7. The third-order valence-electron chi connectivity index (χ3n) is 6.44. The third-order valence-corrected chi connectivity index (χ3v) is 6.44. The number of anilines is 1. The highest BCUT2D eigenvalue weighted by Crippen LogP contribution is 2.25. The molecule has 9 nitrogen and oxygen atoms in total. The molecule has 0 spiro atoms. The number of hydrogen-bond donors (Lipinski definition) is 0. The van der Waals surface area contributed by atoms with Crippen LogP contribution in [0.5, 0.6) is 5.75 Å². The van der Waals surface area contributed by atoms with Gasteiger partial charge in [0.2, 0.25) is 5.90 Å². The molecule has 1 saturated heterocycles. The predicted octanol–water partition coefficient (Wildman–Crippen LogP) is 4.37. The highest BCUT2D eigenvalue weighted by atomic mass is 19.4. The van der Waals surface area contributed by atoms with E-state index in [2.05, 4.69) is 36.2 Å². The van der Waals surface area contributed by atoms with Gasteiger partial charge in [-0.15, -0.1) is 13.2 Å². The van der Waals surface area contributed by atoms with Gasteiger partial charge in [0.05, 0.1) is 32.6 Å². The van der Waals surface area contributed by atoms with Gasteiger partial charge < -0.3 is 19.1 Å². The number of aryl methyl sites for hydroxylation is 1. The maximum atomic E-state index is 12.4. The Labute approximate surface area is 231 Å². The number of pyridine rings is 1. The molecule has 1 fully saturated rings. The predicted molar refractivity (Wildman–Crippen MR) is 147 cm³/mol. The van der Waals surface area contributed by atoms with Crippen LogP contribution in [0.3, 0.4) is 0 Å². The van der Waals surface area contributed by atoms with Gasteiger partial charge in [-0.1, -0.05) is 12.6 Å². The molecule has 0 saturated carbocycles. The second kappa shape index (κ2) is 13.0. The molecule has 0 N–H and O–H groups in total. The van der Waals surface area contributed by atoms with Gasteiger partial charge in [-0.05, 0) is 54.4 Å². The van der Waals surface area contributed by atoms with Crippen molar-refractivity contribution in [2.45, 2.75) is 19.8 Å². The van der Waals surface area contributed by atoms with Crippen molar-refractivity contribution in [3.05, 3.63) is 77.8 Å². The first-order valence-corrected chi connectivity index (χ1v) is 12.8. The topological polar surface area (TPSA) is 77.2 Å². The van der Waals surface area contributed by atoms with Gasteiger partial charge in [0.1, 0.15) is 17.3 Å². The third kappa shape index (κ3) is 8.06. The Balaban J connectivity index is 1.38. The number of hydrogen-bond acceptors (Lipinski definition) is 8. The lowest BCUT2D eigenvalue weighted by molar-refractivity contribution is -0.274. The summed E-state index contributed by atoms with van der Waals surface area (Å²) in [5.74, 6) is 0.814. The maximum absolute atomic E-state index is 12.4. The molecule has 1 aromatic carbocycles. The molecule has 214 valence electrons. The summed E-state index contributed by atoms with van der Waals surface area (Å²) >= 11 is 0. The molecule has 0 unspecified atom stereocenters. The van der Waals surface area contributed by atoms with E-state index in [-0.39, 0.29) is 11.6 Å². The average Bonchev–Trinajstić information content (AvgIpc) is 3.30. The van der Waals surface area contributed by atoms with E-state index in [4.69, 9.17) is 9.47 Å². The fourth-order valence-corrected chi connectivity index (χ4v) is 4.16. The van der Waals surface area contributed by atoms with Gasteiger partial charge in [0.25, 0.3) is 0 Å². The number of nitrogens with zero attached hydrogens (tertiary/aromatic N) is 6. The van der Waals surface area contributed by atoms with E-state index in [1.165, 1.54) is 31.4 Å². The number of methoxy groups -OCH3 is 1. The van der Waals surface area contributed by atoms with Crippen LogP contribution in [0.25, 0.3) is 5.70 Å². The van der Waals surface area contributed by atoms with E-state index in [1.807, 2.05) is 43.0 Å². The summed E-state index contributed by atoms with van der Waals surface area (Å²) in [5, 5.41) is 4.64. The van der Waals surface area contributed by atoms with E-state index >= 15 is 0 Å². The normalized spacial score (nSPS) is 14.7. The van der Waals surface area contributed by atoms with Crippen molar-refractivity contribution in [2.24, 2.45) is 4.99 Å². The molecule has 3 aromatic rings. The van der Waals surface area contributed by atoms with Crippen LogP contribution < -0.4 is 9.64 Å². The minimum atomic E-state index is -4.76. The zero-order valence-electron chi connectivity index (χ0n) is 22.8. The SMILES string of the molecule is C=C(N=C(OC)c1cc(C)n(Cc2ccc(N(C)CCN3CCOCC3)nc2)n1)c1ccc(OC(F)(F)F)cc1. The molecule has 12 heteroatoms. The summed E-state index contributed by atoms with van der Waals surface area (Å²) in [4.78, 5) is 13.6. The minimum absolute atomic E-state index is 0.234. The fraction of sp³-hybridized carbons (Fsp3) is 0.393. The summed E-state index contributed by atoms with van der Waals surface area (Å²) in [5.41, 5.74) is 3.21. The van der Waals surface area contributed by atoms with E-state index in [1.54, 1.807) is 0 Å². The maximum Gasteiger partial charge on any atom is 0.573 e. The highest BCUT2D eigenvalue weighted by molar-refractivity contribution is 5.95. The number of alkyl halides is 3. The number of aliphatic imine (C=N–C) groups is 1. The molecule has 0 amide bonds. The Bertz CT molecular complexity index is 1300. The smallest absolute Gasteiger partial charge is 0.479 e. The van der Waals surface area contributed by atoms with Crippen LogP contribution in [0.15, 0.2) is 60.2 Å². The zero-order valence-corrected chi connectivity index (χ0v) is 22.8. The van der Waals surface area contributed by atoms with E-state index in [0.29, 0.717) is 23.5 Å². The molecule has 0 atom stereocenters. The molecule has 4 rings (SSSR count). The molecule has 0 aliphatic carbocycles. The van der Waals surface area contributed by atoms with Crippen LogP contribution >= 0.6 is 0 Å². The number of benzene rings is 1. The number of morpholine rings is 1. The Morgan fingerprint density at radius 2 is 1.88 bits per heavy atom. The molecular weight excluding hydrogens is 525 g/mol. The van der Waals surface area contributed by atoms with Gasteiger partial charge in [0, 0.05) is 45.1 Å². The lowest BCUT2D eigenvalue weighted by Gasteiger charge is -2.28. The number of aromatic nitrogens is 3. The van der Waals surface area contributed by atoms with Crippen molar-refractivity contribution in [2.75, 3.05) is 58.5 Å². The molecular formula is C28H33F3N6O3. The molecule has 40 heavy (non-hydrogen) atoms. The van der Waals surface area contributed by atoms with Gasteiger partial charge in [0.15, 0.2) is 0 Å². The Kier molecular flexibility index (Phi) is 9.43. The first kappa shape index (κ1) is 29.1. The average molecular weight is 559 g/mol. The van der Waals surface area contributed by atoms with E-state index < -0.39 is 6.36 Å². The lowest BCUT2D eigenvalue weighted by Crippen LogP contribution is -2.40. The Hall–Kier alpha value is -3.90. The highest BCUT2D eigenvalue weighted by Gasteiger charge is 2.31. The molecule has 1 aliphatic heterocycles. The molecule has 0 bridgehead atoms. The molecule has 1 aliphatic rings. The summed E-state index contributed by atoms with van der Waals surface area (Å²) in [6, 6.07) is 11.2. The number of halogens is 3. The van der Waals surface area contributed by atoms with Crippen LogP contribution in [0.1, 0.15) is 22.5 Å². The largest absolute Gasteiger partial charge is 0.573 e. The van der Waals surface area contributed by atoms with Gasteiger partial charge in [-0.2, -0.15) is 5.10 Å². The Morgan fingerprint density at radius 3 is 2.50 bits per heavy atom. The second-order valence-electron chi connectivity index (χ2n) is 9.37. The minimum Gasteiger partial charge on any atom is -0.479 e. The zero-order chi connectivity index (χ0) is 28.7. The number of rotatable bonds is 10. The molecule has 0 radical (unpaired) electrons. The molecule has 3 heterocycles. The van der Waals surface area contributed by atoms with Crippen LogP contribution in [0.2, 0.25) is 0 Å². The Morgan fingerprint density at radius 1 is 1.15 bits per heavy atom. The second-order valence-corrected chi connectivity index (χ2v) is 9.37. The van der Waals surface area contributed by atoms with Crippen LogP contribution in [0.4, 0.5) is 19.0 Å². The number of likely N-dealkylation sites (N-methyl/N-ethyl adjacent to an activating group) is 1. The van der Waals surface area contributed by atoms with Crippen molar-refractivity contribution in [1.82, 2.24) is 19.7 Å². The van der Waals surface area contributed by atoms with Crippen molar-refractivity contribution < 1.29 is 27.4 Å². The van der Waals surface area contributed by atoms with Crippen LogP contribution in [-0.2, 0) is 16.0 Å².